The first-order valence-corrected chi connectivity index (χ1v) is 11.4. The summed E-state index contributed by atoms with van der Waals surface area (Å²) in [5.41, 5.74) is 2.85. The van der Waals surface area contributed by atoms with Crippen molar-refractivity contribution in [3.8, 4) is 11.5 Å². The summed E-state index contributed by atoms with van der Waals surface area (Å²) < 4.78 is 13.2. The van der Waals surface area contributed by atoms with Crippen LogP contribution in [-0.2, 0) is 4.79 Å². The standard InChI is InChI=1S/C22H27N5O3S/c1-13(2)20(16-6-7-17-18(11-16)30-9-5-8-29-17)24-19(28)12-31-22-25-21-23-14(3)10-15(4)27(21)26-22/h6-7,10-11,13,20H,5,8-9,12H2,1-4H3,(H,24,28)/t20-/m1/s1. The number of ether oxygens (including phenoxy) is 2. The maximum Gasteiger partial charge on any atom is 0.253 e. The number of nitrogens with zero attached hydrogens (tertiary/aromatic N) is 4. The van der Waals surface area contributed by atoms with E-state index in [9.17, 15) is 4.79 Å². The van der Waals surface area contributed by atoms with Crippen LogP contribution in [0.1, 0.15) is 43.3 Å². The van der Waals surface area contributed by atoms with Gasteiger partial charge < -0.3 is 14.8 Å². The van der Waals surface area contributed by atoms with Gasteiger partial charge in [0, 0.05) is 17.8 Å². The molecule has 1 aromatic carbocycles. The number of rotatable bonds is 6. The Morgan fingerprint density at radius 2 is 1.94 bits per heavy atom. The molecule has 164 valence electrons. The highest BCUT2D eigenvalue weighted by molar-refractivity contribution is 7.99. The summed E-state index contributed by atoms with van der Waals surface area (Å²) in [5.74, 6) is 2.40. The number of benzene rings is 1. The van der Waals surface area contributed by atoms with Crippen LogP contribution in [0.25, 0.3) is 5.78 Å². The highest BCUT2D eigenvalue weighted by atomic mass is 32.2. The third-order valence-corrected chi connectivity index (χ3v) is 5.88. The zero-order valence-corrected chi connectivity index (χ0v) is 19.0. The Balaban J connectivity index is 1.43. The van der Waals surface area contributed by atoms with E-state index in [1.54, 1.807) is 4.52 Å². The van der Waals surface area contributed by atoms with E-state index in [-0.39, 0.29) is 23.6 Å². The molecule has 3 aromatic rings. The van der Waals surface area contributed by atoms with Crippen molar-refractivity contribution in [1.82, 2.24) is 24.9 Å². The number of carbonyl (C=O) groups excluding carboxylic acids is 1. The Morgan fingerprint density at radius 1 is 1.16 bits per heavy atom. The smallest absolute Gasteiger partial charge is 0.253 e. The first-order valence-electron chi connectivity index (χ1n) is 10.4. The van der Waals surface area contributed by atoms with Crippen LogP contribution in [0, 0.1) is 19.8 Å². The van der Waals surface area contributed by atoms with Crippen molar-refractivity contribution < 1.29 is 14.3 Å². The lowest BCUT2D eigenvalue weighted by molar-refractivity contribution is -0.119. The van der Waals surface area contributed by atoms with Gasteiger partial charge in [-0.1, -0.05) is 31.7 Å². The monoisotopic (exact) mass is 441 g/mol. The van der Waals surface area contributed by atoms with Gasteiger partial charge in [0.05, 0.1) is 25.0 Å². The Kier molecular flexibility index (Phi) is 6.31. The van der Waals surface area contributed by atoms with Gasteiger partial charge in [0.15, 0.2) is 11.5 Å². The third-order valence-electron chi connectivity index (χ3n) is 5.05. The van der Waals surface area contributed by atoms with Crippen LogP contribution in [0.4, 0.5) is 0 Å². The molecule has 0 spiro atoms. The van der Waals surface area contributed by atoms with Crippen molar-refractivity contribution >= 4 is 23.4 Å². The Labute approximate surface area is 185 Å². The Bertz CT molecular complexity index is 1100. The zero-order chi connectivity index (χ0) is 22.0. The van der Waals surface area contributed by atoms with Crippen LogP contribution in [-0.4, -0.2) is 44.5 Å². The third kappa shape index (κ3) is 4.92. The van der Waals surface area contributed by atoms with Crippen molar-refractivity contribution in [2.45, 2.75) is 45.3 Å². The van der Waals surface area contributed by atoms with Crippen molar-refractivity contribution in [3.05, 3.63) is 41.2 Å². The summed E-state index contributed by atoms with van der Waals surface area (Å²) in [5, 5.41) is 8.13. The molecule has 4 rings (SSSR count). The number of hydrogen-bond acceptors (Lipinski definition) is 7. The predicted octanol–water partition coefficient (Wildman–Crippen LogP) is 3.51. The molecule has 0 radical (unpaired) electrons. The molecule has 1 aliphatic rings. The maximum atomic E-state index is 12.7. The van der Waals surface area contributed by atoms with Gasteiger partial charge in [0.1, 0.15) is 0 Å². The van der Waals surface area contributed by atoms with E-state index in [0.29, 0.717) is 24.1 Å². The van der Waals surface area contributed by atoms with Crippen LogP contribution < -0.4 is 14.8 Å². The number of fused-ring (bicyclic) bond motifs is 2. The molecule has 31 heavy (non-hydrogen) atoms. The topological polar surface area (TPSA) is 90.6 Å². The molecule has 9 heteroatoms. The summed E-state index contributed by atoms with van der Waals surface area (Å²) in [4.78, 5) is 21.5. The normalized spacial score (nSPS) is 14.5. The van der Waals surface area contributed by atoms with Gasteiger partial charge in [-0.15, -0.1) is 5.10 Å². The van der Waals surface area contributed by atoms with Gasteiger partial charge >= 0.3 is 0 Å². The lowest BCUT2D eigenvalue weighted by Crippen LogP contribution is -2.33. The molecule has 0 saturated carbocycles. The van der Waals surface area contributed by atoms with E-state index >= 15 is 0 Å². The summed E-state index contributed by atoms with van der Waals surface area (Å²) in [6.07, 6.45) is 0.858. The van der Waals surface area contributed by atoms with E-state index < -0.39 is 0 Å². The fourth-order valence-electron chi connectivity index (χ4n) is 3.56. The maximum absolute atomic E-state index is 12.7. The molecule has 1 atom stereocenters. The van der Waals surface area contributed by atoms with Gasteiger partial charge in [0.25, 0.3) is 5.78 Å². The first kappa shape index (κ1) is 21.4. The average molecular weight is 442 g/mol. The van der Waals surface area contributed by atoms with E-state index in [2.05, 4.69) is 34.2 Å². The van der Waals surface area contributed by atoms with E-state index in [1.165, 1.54) is 11.8 Å². The summed E-state index contributed by atoms with van der Waals surface area (Å²) in [6.45, 7) is 9.34. The molecule has 0 bridgehead atoms. The number of aryl methyl sites for hydroxylation is 2. The summed E-state index contributed by atoms with van der Waals surface area (Å²) in [6, 6.07) is 7.70. The number of aromatic nitrogens is 4. The van der Waals surface area contributed by atoms with E-state index in [1.807, 2.05) is 38.1 Å². The molecule has 0 aliphatic carbocycles. The molecular formula is C22H27N5O3S. The number of hydrogen-bond donors (Lipinski definition) is 1. The second-order valence-electron chi connectivity index (χ2n) is 7.98. The van der Waals surface area contributed by atoms with Crippen LogP contribution in [0.3, 0.4) is 0 Å². The second kappa shape index (κ2) is 9.13. The van der Waals surface area contributed by atoms with Crippen molar-refractivity contribution in [3.63, 3.8) is 0 Å². The SMILES string of the molecule is Cc1cc(C)n2nc(SCC(=O)N[C@@H](c3ccc4c(c3)OCCCO4)C(C)C)nc2n1. The second-order valence-corrected chi connectivity index (χ2v) is 8.92. The fourth-order valence-corrected chi connectivity index (χ4v) is 4.19. The highest BCUT2D eigenvalue weighted by Crippen LogP contribution is 2.34. The van der Waals surface area contributed by atoms with Crippen molar-refractivity contribution in [1.29, 1.82) is 0 Å². The Morgan fingerprint density at radius 3 is 2.71 bits per heavy atom. The highest BCUT2D eigenvalue weighted by Gasteiger charge is 2.21. The number of carbonyl (C=O) groups is 1. The average Bonchev–Trinajstić information content (AvgIpc) is 2.99. The number of nitrogens with one attached hydrogen (secondary N) is 1. The van der Waals surface area contributed by atoms with Gasteiger partial charge in [-0.05, 0) is 43.5 Å². The lowest BCUT2D eigenvalue weighted by Gasteiger charge is -2.23. The summed E-state index contributed by atoms with van der Waals surface area (Å²) in [7, 11) is 0. The molecule has 0 unspecified atom stereocenters. The quantitative estimate of drug-likeness (QED) is 0.586. The van der Waals surface area contributed by atoms with Crippen LogP contribution >= 0.6 is 11.8 Å². The molecule has 1 N–H and O–H groups in total. The van der Waals surface area contributed by atoms with Crippen molar-refractivity contribution in [2.75, 3.05) is 19.0 Å². The number of amides is 1. The minimum Gasteiger partial charge on any atom is -0.490 e. The Hall–Kier alpha value is -2.81. The van der Waals surface area contributed by atoms with Crippen molar-refractivity contribution in [2.24, 2.45) is 5.92 Å². The molecule has 0 saturated heterocycles. The largest absolute Gasteiger partial charge is 0.490 e. The van der Waals surface area contributed by atoms with Gasteiger partial charge in [-0.2, -0.15) is 4.98 Å². The van der Waals surface area contributed by atoms with Crippen LogP contribution in [0.2, 0.25) is 0 Å². The van der Waals surface area contributed by atoms with Gasteiger partial charge in [-0.3, -0.25) is 4.79 Å². The molecule has 0 fully saturated rings. The molecule has 8 nitrogen and oxygen atoms in total. The van der Waals surface area contributed by atoms with Gasteiger partial charge in [-0.25, -0.2) is 9.50 Å². The molecule has 1 amide bonds. The summed E-state index contributed by atoms with van der Waals surface area (Å²) >= 11 is 1.30. The number of thioether (sulfide) groups is 1. The molecule has 3 heterocycles. The van der Waals surface area contributed by atoms with Crippen LogP contribution in [0.15, 0.2) is 29.4 Å². The van der Waals surface area contributed by atoms with Crippen LogP contribution in [0.5, 0.6) is 11.5 Å². The molecular weight excluding hydrogens is 414 g/mol. The lowest BCUT2D eigenvalue weighted by atomic mass is 9.95. The molecule has 2 aromatic heterocycles. The molecule has 1 aliphatic heterocycles. The van der Waals surface area contributed by atoms with E-state index in [0.717, 1.165) is 34.9 Å². The zero-order valence-electron chi connectivity index (χ0n) is 18.2. The minimum atomic E-state index is -0.133. The van der Waals surface area contributed by atoms with E-state index in [4.69, 9.17) is 9.47 Å². The van der Waals surface area contributed by atoms with Gasteiger partial charge in [0.2, 0.25) is 11.1 Å². The fraction of sp³-hybridized carbons (Fsp3) is 0.455. The predicted molar refractivity (Wildman–Crippen MR) is 119 cm³/mol. The first-order chi connectivity index (χ1) is 14.9. The minimum absolute atomic E-state index is 0.0736.